The Labute approximate surface area is 157 Å². The zero-order valence-electron chi connectivity index (χ0n) is 15.6. The zero-order chi connectivity index (χ0) is 19.0. The van der Waals surface area contributed by atoms with Crippen LogP contribution in [0.3, 0.4) is 0 Å². The normalized spacial score (nSPS) is 14.1. The highest BCUT2D eigenvalue weighted by Crippen LogP contribution is 2.30. The van der Waals surface area contributed by atoms with Gasteiger partial charge in [-0.15, -0.1) is 5.92 Å². The van der Waals surface area contributed by atoms with E-state index in [-0.39, 0.29) is 11.9 Å². The van der Waals surface area contributed by atoms with Crippen molar-refractivity contribution in [3.05, 3.63) is 41.2 Å². The van der Waals surface area contributed by atoms with Crippen molar-refractivity contribution in [3.63, 3.8) is 0 Å². The first-order valence-electron chi connectivity index (χ1n) is 9.03. The van der Waals surface area contributed by atoms with Crippen molar-refractivity contribution in [3.8, 4) is 23.1 Å². The molecule has 136 valence electrons. The van der Waals surface area contributed by atoms with Gasteiger partial charge in [-0.1, -0.05) is 18.1 Å². The molecule has 1 atom stereocenters. The van der Waals surface area contributed by atoms with Crippen LogP contribution in [0.4, 0.5) is 5.82 Å². The highest BCUT2D eigenvalue weighted by Gasteiger charge is 2.21. The summed E-state index contributed by atoms with van der Waals surface area (Å²) in [4.78, 5) is 25.0. The largest absolute Gasteiger partial charge is 0.358 e. The van der Waals surface area contributed by atoms with Crippen molar-refractivity contribution in [1.29, 1.82) is 0 Å². The smallest absolute Gasteiger partial charge is 0.253 e. The summed E-state index contributed by atoms with van der Waals surface area (Å²) < 4.78 is 0. The molecule has 1 unspecified atom stereocenters. The van der Waals surface area contributed by atoms with Crippen molar-refractivity contribution in [2.24, 2.45) is 0 Å². The average Bonchev–Trinajstić information content (AvgIpc) is 3.07. The maximum atomic E-state index is 12.1. The number of nitrogens with zero attached hydrogens (tertiary/aromatic N) is 2. The molecule has 6 nitrogen and oxygen atoms in total. The Morgan fingerprint density at radius 2 is 2.11 bits per heavy atom. The second-order valence-corrected chi connectivity index (χ2v) is 6.67. The van der Waals surface area contributed by atoms with Crippen LogP contribution in [0.5, 0.6) is 0 Å². The molecule has 6 heteroatoms. The number of anilines is 1. The van der Waals surface area contributed by atoms with Gasteiger partial charge in [0.15, 0.2) is 0 Å². The minimum Gasteiger partial charge on any atom is -0.358 e. The molecule has 0 fully saturated rings. The number of nitrogens with one attached hydrogen (secondary N) is 3. The van der Waals surface area contributed by atoms with Crippen LogP contribution < -0.4 is 10.6 Å². The van der Waals surface area contributed by atoms with Crippen molar-refractivity contribution < 1.29 is 4.79 Å². The standard InChI is InChI=1S/C21H21N5O/c1-4-6-12(2)23-20-13(3)24-17-8-5-7-14(19(17)26-20)18-11-15-16(25-18)9-10-22-21(15)27/h5,7-8,11-12,25H,9-10H2,1-3H3,(H,22,27)(H,23,26). The fraction of sp³-hybridized carbons (Fsp3) is 0.286. The third kappa shape index (κ3) is 3.13. The van der Waals surface area contributed by atoms with E-state index in [0.29, 0.717) is 12.1 Å². The van der Waals surface area contributed by atoms with Gasteiger partial charge in [0.05, 0.1) is 22.8 Å². The Balaban J connectivity index is 1.83. The van der Waals surface area contributed by atoms with Gasteiger partial charge >= 0.3 is 0 Å². The van der Waals surface area contributed by atoms with Crippen molar-refractivity contribution in [2.75, 3.05) is 11.9 Å². The van der Waals surface area contributed by atoms with Gasteiger partial charge in [0.2, 0.25) is 0 Å². The first kappa shape index (κ1) is 17.1. The third-order valence-electron chi connectivity index (χ3n) is 4.68. The summed E-state index contributed by atoms with van der Waals surface area (Å²) in [6.45, 7) is 6.40. The first-order valence-corrected chi connectivity index (χ1v) is 9.03. The Hall–Kier alpha value is -3.33. The second kappa shape index (κ2) is 6.76. The predicted molar refractivity (Wildman–Crippen MR) is 107 cm³/mol. The average molecular weight is 359 g/mol. The van der Waals surface area contributed by atoms with Crippen LogP contribution >= 0.6 is 0 Å². The summed E-state index contributed by atoms with van der Waals surface area (Å²) in [6, 6.07) is 7.80. The highest BCUT2D eigenvalue weighted by molar-refractivity contribution is 5.99. The number of aromatic nitrogens is 3. The Morgan fingerprint density at radius 3 is 2.89 bits per heavy atom. The Kier molecular flexibility index (Phi) is 4.28. The summed E-state index contributed by atoms with van der Waals surface area (Å²) >= 11 is 0. The molecule has 27 heavy (non-hydrogen) atoms. The Bertz CT molecular complexity index is 1100. The molecule has 2 aromatic heterocycles. The van der Waals surface area contributed by atoms with Gasteiger partial charge < -0.3 is 15.6 Å². The summed E-state index contributed by atoms with van der Waals surface area (Å²) in [5, 5.41) is 6.20. The first-order chi connectivity index (χ1) is 13.1. The fourth-order valence-electron chi connectivity index (χ4n) is 3.42. The minimum atomic E-state index is -0.0322. The van der Waals surface area contributed by atoms with E-state index < -0.39 is 0 Å². The molecular formula is C21H21N5O. The number of hydrogen-bond acceptors (Lipinski definition) is 4. The van der Waals surface area contributed by atoms with Crippen LogP contribution in [-0.2, 0) is 6.42 Å². The molecule has 0 radical (unpaired) electrons. The summed E-state index contributed by atoms with van der Waals surface area (Å²) in [5.41, 5.74) is 5.93. The molecule has 3 heterocycles. The van der Waals surface area contributed by atoms with Gasteiger partial charge in [0.1, 0.15) is 11.3 Å². The van der Waals surface area contributed by atoms with Gasteiger partial charge in [-0.25, -0.2) is 9.97 Å². The molecule has 0 spiro atoms. The van der Waals surface area contributed by atoms with Crippen molar-refractivity contribution >= 4 is 22.8 Å². The van der Waals surface area contributed by atoms with E-state index in [1.54, 1.807) is 0 Å². The number of aryl methyl sites for hydroxylation is 1. The molecule has 0 aliphatic carbocycles. The quantitative estimate of drug-likeness (QED) is 0.628. The number of benzene rings is 1. The predicted octanol–water partition coefficient (Wildman–Crippen LogP) is 3.04. The molecule has 1 amide bonds. The molecule has 3 N–H and O–H groups in total. The molecular weight excluding hydrogens is 338 g/mol. The number of carbonyl (C=O) groups excluding carboxylic acids is 1. The van der Waals surface area contributed by atoms with Crippen LogP contribution in [0.1, 0.15) is 35.6 Å². The number of para-hydroxylation sites is 1. The summed E-state index contributed by atoms with van der Waals surface area (Å²) in [5.74, 6) is 6.67. The van der Waals surface area contributed by atoms with E-state index in [1.165, 1.54) is 0 Å². The number of fused-ring (bicyclic) bond motifs is 2. The fourth-order valence-corrected chi connectivity index (χ4v) is 3.42. The SMILES string of the molecule is CC#CC(C)Nc1nc2c(-c3cc4c([nH]3)CCNC4=O)cccc2nc1C. The molecule has 3 aromatic rings. The monoisotopic (exact) mass is 359 g/mol. The minimum absolute atomic E-state index is 0.0193. The molecule has 1 aliphatic rings. The maximum absolute atomic E-state index is 12.1. The van der Waals surface area contributed by atoms with E-state index in [2.05, 4.69) is 27.5 Å². The van der Waals surface area contributed by atoms with E-state index in [1.807, 2.05) is 45.0 Å². The lowest BCUT2D eigenvalue weighted by Crippen LogP contribution is -2.31. The van der Waals surface area contributed by atoms with Crippen LogP contribution in [0.15, 0.2) is 24.3 Å². The van der Waals surface area contributed by atoms with E-state index >= 15 is 0 Å². The molecule has 1 aromatic carbocycles. The second-order valence-electron chi connectivity index (χ2n) is 6.67. The number of amides is 1. The summed E-state index contributed by atoms with van der Waals surface area (Å²) in [6.07, 6.45) is 0.802. The zero-order valence-corrected chi connectivity index (χ0v) is 15.6. The lowest BCUT2D eigenvalue weighted by Gasteiger charge is -2.13. The number of carbonyl (C=O) groups is 1. The third-order valence-corrected chi connectivity index (χ3v) is 4.68. The molecule has 4 rings (SSSR count). The van der Waals surface area contributed by atoms with Crippen LogP contribution in [0.25, 0.3) is 22.3 Å². The number of hydrogen-bond donors (Lipinski definition) is 3. The van der Waals surface area contributed by atoms with E-state index in [0.717, 1.165) is 45.9 Å². The lowest BCUT2D eigenvalue weighted by atomic mass is 10.1. The van der Waals surface area contributed by atoms with Gasteiger partial charge in [0, 0.05) is 29.9 Å². The van der Waals surface area contributed by atoms with Gasteiger partial charge in [0.25, 0.3) is 5.91 Å². The van der Waals surface area contributed by atoms with Gasteiger partial charge in [-0.3, -0.25) is 4.79 Å². The van der Waals surface area contributed by atoms with E-state index in [9.17, 15) is 4.79 Å². The van der Waals surface area contributed by atoms with E-state index in [4.69, 9.17) is 9.97 Å². The summed E-state index contributed by atoms with van der Waals surface area (Å²) in [7, 11) is 0. The highest BCUT2D eigenvalue weighted by atomic mass is 16.1. The Morgan fingerprint density at radius 1 is 1.26 bits per heavy atom. The van der Waals surface area contributed by atoms with Crippen LogP contribution in [0, 0.1) is 18.8 Å². The van der Waals surface area contributed by atoms with Crippen molar-refractivity contribution in [1.82, 2.24) is 20.3 Å². The number of aromatic amines is 1. The molecule has 1 aliphatic heterocycles. The van der Waals surface area contributed by atoms with Crippen LogP contribution in [0.2, 0.25) is 0 Å². The topological polar surface area (TPSA) is 82.7 Å². The van der Waals surface area contributed by atoms with Crippen LogP contribution in [-0.4, -0.2) is 33.4 Å². The maximum Gasteiger partial charge on any atom is 0.253 e. The molecule has 0 saturated carbocycles. The lowest BCUT2D eigenvalue weighted by molar-refractivity contribution is 0.0946. The number of H-pyrrole nitrogens is 1. The van der Waals surface area contributed by atoms with Gasteiger partial charge in [-0.2, -0.15) is 0 Å². The van der Waals surface area contributed by atoms with Gasteiger partial charge in [-0.05, 0) is 32.9 Å². The molecule has 0 saturated heterocycles. The molecule has 0 bridgehead atoms. The number of rotatable bonds is 3. The van der Waals surface area contributed by atoms with Crippen molar-refractivity contribution in [2.45, 2.75) is 33.2 Å².